The van der Waals surface area contributed by atoms with E-state index in [1.807, 2.05) is 19.9 Å². The third-order valence-electron chi connectivity index (χ3n) is 8.97. The Morgan fingerprint density at radius 1 is 1.31 bits per heavy atom. The summed E-state index contributed by atoms with van der Waals surface area (Å²) < 4.78 is 15.6. The minimum atomic E-state index is -4.87. The summed E-state index contributed by atoms with van der Waals surface area (Å²) >= 11 is 14.4. The maximum absolute atomic E-state index is 13.1. The first kappa shape index (κ1) is 24.6. The number of alkyl halides is 2. The summed E-state index contributed by atoms with van der Waals surface area (Å²) in [5.41, 5.74) is -2.47. The van der Waals surface area contributed by atoms with E-state index in [-0.39, 0.29) is 24.0 Å². The van der Waals surface area contributed by atoms with Crippen molar-refractivity contribution in [2.45, 2.75) is 62.3 Å². The minimum absolute atomic E-state index is 0.0671. The van der Waals surface area contributed by atoms with E-state index in [0.29, 0.717) is 19.3 Å². The van der Waals surface area contributed by atoms with Crippen molar-refractivity contribution in [3.05, 3.63) is 23.8 Å². The number of aliphatic hydroxyl groups is 1. The SMILES string of the molecule is C[C@H]1C[C@H]2[C@@H]3CCC4=CC(=O)C=C[C@]4(C)[C@@]3(Cl)[C@@H](Cl)C[C@]2(C)[C@]1(O)C(=O)COP(=O)(O)O. The number of hydrogen-bond donors (Lipinski definition) is 3. The molecule has 178 valence electrons. The van der Waals surface area contributed by atoms with Crippen LogP contribution in [-0.4, -0.2) is 48.9 Å². The molecule has 0 amide bonds. The minimum Gasteiger partial charge on any atom is -0.381 e. The second-order valence-electron chi connectivity index (χ2n) is 10.3. The van der Waals surface area contributed by atoms with Crippen molar-refractivity contribution < 1.29 is 33.6 Å². The van der Waals surface area contributed by atoms with E-state index in [1.165, 1.54) is 6.08 Å². The number of hydrogen-bond acceptors (Lipinski definition) is 5. The van der Waals surface area contributed by atoms with Gasteiger partial charge in [-0.2, -0.15) is 0 Å². The van der Waals surface area contributed by atoms with Gasteiger partial charge in [-0.25, -0.2) is 4.57 Å². The molecule has 0 spiro atoms. The maximum Gasteiger partial charge on any atom is 0.470 e. The molecule has 3 saturated carbocycles. The average molecular weight is 507 g/mol. The predicted molar refractivity (Wildman–Crippen MR) is 119 cm³/mol. The first-order chi connectivity index (χ1) is 14.6. The Morgan fingerprint density at radius 2 is 1.97 bits per heavy atom. The van der Waals surface area contributed by atoms with Gasteiger partial charge in [0.1, 0.15) is 12.2 Å². The van der Waals surface area contributed by atoms with Crippen LogP contribution >= 0.6 is 31.0 Å². The largest absolute Gasteiger partial charge is 0.470 e. The topological polar surface area (TPSA) is 121 Å². The number of phosphoric ester groups is 1. The van der Waals surface area contributed by atoms with E-state index >= 15 is 0 Å². The second kappa shape index (κ2) is 7.48. The Hall–Kier alpha value is -0.530. The number of Topliss-reactive ketones (excluding diaryl/α,β-unsaturated/α-hetero) is 1. The lowest BCUT2D eigenvalue weighted by Gasteiger charge is -2.63. The Labute approximate surface area is 197 Å². The highest BCUT2D eigenvalue weighted by Crippen LogP contribution is 2.72. The molecule has 4 rings (SSSR count). The van der Waals surface area contributed by atoms with Gasteiger partial charge >= 0.3 is 7.82 Å². The molecule has 0 heterocycles. The van der Waals surface area contributed by atoms with Crippen LogP contribution < -0.4 is 0 Å². The number of carbonyl (C=O) groups is 2. The van der Waals surface area contributed by atoms with Crippen LogP contribution in [0.1, 0.15) is 46.5 Å². The van der Waals surface area contributed by atoms with Crippen molar-refractivity contribution in [1.82, 2.24) is 0 Å². The molecule has 7 nitrogen and oxygen atoms in total. The summed E-state index contributed by atoms with van der Waals surface area (Å²) in [4.78, 5) is 42.2. The standard InChI is InChI=1S/C22H29Cl2O7P/c1-12-8-16-15-5-4-13-9-14(25)6-7-19(13,2)21(15,24)17(23)10-20(16,3)22(12,27)18(26)11-31-32(28,29)30/h6-7,9,12,15-17,27H,4-5,8,10-11H2,1-3H3,(H2,28,29,30)/t12-,15-,16-,17-,19-,20-,21-,22+/m0/s1. The van der Waals surface area contributed by atoms with Gasteiger partial charge in [0.2, 0.25) is 0 Å². The maximum atomic E-state index is 13.1. The Bertz CT molecular complexity index is 975. The molecule has 4 aliphatic carbocycles. The lowest BCUT2D eigenvalue weighted by atomic mass is 9.46. The summed E-state index contributed by atoms with van der Waals surface area (Å²) in [5.74, 6) is -1.56. The number of rotatable bonds is 4. The van der Waals surface area contributed by atoms with Crippen LogP contribution in [0.15, 0.2) is 23.8 Å². The number of halogens is 2. The number of ketones is 2. The Kier molecular flexibility index (Phi) is 5.75. The van der Waals surface area contributed by atoms with E-state index in [1.54, 1.807) is 13.0 Å². The van der Waals surface area contributed by atoms with Crippen molar-refractivity contribution in [3.8, 4) is 0 Å². The first-order valence-electron chi connectivity index (χ1n) is 10.8. The van der Waals surface area contributed by atoms with Crippen molar-refractivity contribution in [1.29, 1.82) is 0 Å². The zero-order valence-electron chi connectivity index (χ0n) is 18.3. The van der Waals surface area contributed by atoms with E-state index in [4.69, 9.17) is 33.0 Å². The molecular weight excluding hydrogens is 478 g/mol. The molecule has 3 fully saturated rings. The molecule has 0 aromatic carbocycles. The molecule has 32 heavy (non-hydrogen) atoms. The molecule has 0 radical (unpaired) electrons. The van der Waals surface area contributed by atoms with Gasteiger partial charge in [0.25, 0.3) is 0 Å². The predicted octanol–water partition coefficient (Wildman–Crippen LogP) is 3.53. The first-order valence-corrected chi connectivity index (χ1v) is 13.2. The van der Waals surface area contributed by atoms with Crippen molar-refractivity contribution in [3.63, 3.8) is 0 Å². The van der Waals surface area contributed by atoms with Gasteiger partial charge in [-0.15, -0.1) is 23.2 Å². The summed E-state index contributed by atoms with van der Waals surface area (Å²) in [6.07, 6.45) is 7.14. The monoisotopic (exact) mass is 506 g/mol. The van der Waals surface area contributed by atoms with Gasteiger partial charge in [0.05, 0.1) is 10.3 Å². The molecule has 4 aliphatic rings. The molecule has 3 N–H and O–H groups in total. The van der Waals surface area contributed by atoms with Gasteiger partial charge in [-0.05, 0) is 55.6 Å². The van der Waals surface area contributed by atoms with Gasteiger partial charge in [-0.3, -0.25) is 14.1 Å². The normalized spacial score (nSPS) is 48.0. The zero-order chi connectivity index (χ0) is 23.9. The molecule has 0 unspecified atom stereocenters. The van der Waals surface area contributed by atoms with Crippen LogP contribution in [0.4, 0.5) is 0 Å². The van der Waals surface area contributed by atoms with Crippen LogP contribution in [0.2, 0.25) is 0 Å². The number of phosphoric acid groups is 1. The third-order valence-corrected chi connectivity index (χ3v) is 11.0. The highest BCUT2D eigenvalue weighted by molar-refractivity contribution is 7.46. The summed E-state index contributed by atoms with van der Waals surface area (Å²) in [6, 6.07) is 0. The number of allylic oxidation sites excluding steroid dienone is 4. The number of fused-ring (bicyclic) bond motifs is 5. The van der Waals surface area contributed by atoms with E-state index in [2.05, 4.69) is 4.52 Å². The van der Waals surface area contributed by atoms with Crippen LogP contribution in [0.5, 0.6) is 0 Å². The molecule has 0 saturated heterocycles. The van der Waals surface area contributed by atoms with Crippen molar-refractivity contribution in [2.24, 2.45) is 28.6 Å². The smallest absolute Gasteiger partial charge is 0.381 e. The van der Waals surface area contributed by atoms with E-state index in [0.717, 1.165) is 5.57 Å². The lowest BCUT2D eigenvalue weighted by Crippen LogP contribution is -2.67. The molecule has 0 aromatic rings. The molecular formula is C22H29Cl2O7P. The molecule has 0 aliphatic heterocycles. The fraction of sp³-hybridized carbons (Fsp3) is 0.727. The number of carbonyl (C=O) groups excluding carboxylic acids is 2. The van der Waals surface area contributed by atoms with Crippen LogP contribution in [0.25, 0.3) is 0 Å². The molecule has 0 bridgehead atoms. The summed E-state index contributed by atoms with van der Waals surface area (Å²) in [5, 5.41) is 11.1. The second-order valence-corrected chi connectivity index (χ2v) is 12.7. The Balaban J connectivity index is 1.74. The van der Waals surface area contributed by atoms with Gasteiger partial charge in [-0.1, -0.05) is 32.4 Å². The Morgan fingerprint density at radius 3 is 2.59 bits per heavy atom. The highest BCUT2D eigenvalue weighted by Gasteiger charge is 2.74. The van der Waals surface area contributed by atoms with Crippen molar-refractivity contribution >= 4 is 42.6 Å². The molecule has 10 heteroatoms. The van der Waals surface area contributed by atoms with E-state index in [9.17, 15) is 19.3 Å². The van der Waals surface area contributed by atoms with Gasteiger partial charge in [0.15, 0.2) is 11.6 Å². The zero-order valence-corrected chi connectivity index (χ0v) is 20.7. The fourth-order valence-corrected chi connectivity index (χ4v) is 8.85. The quantitative estimate of drug-likeness (QED) is 0.393. The average Bonchev–Trinajstić information content (AvgIpc) is 2.89. The molecule has 8 atom stereocenters. The van der Waals surface area contributed by atoms with Gasteiger partial charge < -0.3 is 14.9 Å². The highest BCUT2D eigenvalue weighted by atomic mass is 35.5. The van der Waals surface area contributed by atoms with E-state index < -0.39 is 52.8 Å². The van der Waals surface area contributed by atoms with Crippen LogP contribution in [-0.2, 0) is 18.7 Å². The van der Waals surface area contributed by atoms with Crippen LogP contribution in [0, 0.1) is 28.6 Å². The van der Waals surface area contributed by atoms with Crippen molar-refractivity contribution in [2.75, 3.05) is 6.61 Å². The fourth-order valence-electron chi connectivity index (χ4n) is 7.33. The third kappa shape index (κ3) is 3.12. The summed E-state index contributed by atoms with van der Waals surface area (Å²) in [6.45, 7) is 4.72. The van der Waals surface area contributed by atoms with Crippen LogP contribution in [0.3, 0.4) is 0 Å². The lowest BCUT2D eigenvalue weighted by molar-refractivity contribution is -0.167. The molecule has 0 aromatic heterocycles. The summed E-state index contributed by atoms with van der Waals surface area (Å²) in [7, 11) is -4.87. The van der Waals surface area contributed by atoms with Gasteiger partial charge in [0, 0.05) is 10.8 Å².